The lowest BCUT2D eigenvalue weighted by molar-refractivity contribution is 0.143. The standard InChI is InChI=1S/C15H16FN3O4S/c1-24(21,22)18-7-11-8-19(14(20)23-11)10-2-3-12(13(16)6-10)15(9-17)4-5-15/h2-3,6,11,18H,4-5,7-8H2,1H3/t11-/m1/s1. The molecule has 1 heterocycles. The first-order valence-electron chi connectivity index (χ1n) is 7.38. The van der Waals surface area contributed by atoms with E-state index in [-0.39, 0.29) is 13.1 Å². The fraction of sp³-hybridized carbons (Fsp3) is 0.467. The Hall–Kier alpha value is -2.18. The quantitative estimate of drug-likeness (QED) is 0.859. The molecule has 1 aliphatic heterocycles. The van der Waals surface area contributed by atoms with Crippen LogP contribution >= 0.6 is 0 Å². The molecule has 1 aromatic carbocycles. The van der Waals surface area contributed by atoms with Crippen LogP contribution in [0.2, 0.25) is 0 Å². The van der Waals surface area contributed by atoms with Crippen molar-refractivity contribution in [1.82, 2.24) is 4.72 Å². The average molecular weight is 353 g/mol. The summed E-state index contributed by atoms with van der Waals surface area (Å²) in [5.74, 6) is -0.530. The summed E-state index contributed by atoms with van der Waals surface area (Å²) in [5, 5.41) is 9.16. The number of nitrogens with one attached hydrogen (secondary N) is 1. The number of hydrogen-bond acceptors (Lipinski definition) is 5. The molecule has 24 heavy (non-hydrogen) atoms. The number of anilines is 1. The van der Waals surface area contributed by atoms with Crippen LogP contribution in [0.3, 0.4) is 0 Å². The van der Waals surface area contributed by atoms with Crippen LogP contribution in [0.25, 0.3) is 0 Å². The maximum absolute atomic E-state index is 14.3. The number of carbonyl (C=O) groups is 1. The maximum atomic E-state index is 14.3. The van der Waals surface area contributed by atoms with Crippen molar-refractivity contribution in [1.29, 1.82) is 5.26 Å². The van der Waals surface area contributed by atoms with E-state index < -0.39 is 33.5 Å². The number of amides is 1. The van der Waals surface area contributed by atoms with E-state index in [1.807, 2.05) is 0 Å². The number of sulfonamides is 1. The van der Waals surface area contributed by atoms with Gasteiger partial charge in [-0.25, -0.2) is 22.3 Å². The van der Waals surface area contributed by atoms with Crippen LogP contribution in [0.1, 0.15) is 18.4 Å². The third-order valence-corrected chi connectivity index (χ3v) is 4.88. The van der Waals surface area contributed by atoms with Crippen molar-refractivity contribution in [2.75, 3.05) is 24.2 Å². The molecule has 0 aromatic heterocycles. The largest absolute Gasteiger partial charge is 0.443 e. The molecule has 1 aromatic rings. The number of nitrogens with zero attached hydrogens (tertiary/aromatic N) is 2. The minimum Gasteiger partial charge on any atom is -0.443 e. The number of rotatable bonds is 5. The smallest absolute Gasteiger partial charge is 0.414 e. The SMILES string of the molecule is CS(=O)(=O)NC[C@@H]1CN(c2ccc(C3(C#N)CC3)c(F)c2)C(=O)O1. The summed E-state index contributed by atoms with van der Waals surface area (Å²) in [4.78, 5) is 13.2. The van der Waals surface area contributed by atoms with Crippen LogP contribution < -0.4 is 9.62 Å². The first-order chi connectivity index (χ1) is 11.2. The molecule has 1 N–H and O–H groups in total. The molecule has 128 valence electrons. The molecule has 2 aliphatic rings. The normalized spacial score (nSPS) is 22.1. The van der Waals surface area contributed by atoms with Gasteiger partial charge in [0.1, 0.15) is 11.9 Å². The second-order valence-corrected chi connectivity index (χ2v) is 7.93. The van der Waals surface area contributed by atoms with Crippen LogP contribution in [0, 0.1) is 17.1 Å². The number of carbonyl (C=O) groups excluding carboxylic acids is 1. The van der Waals surface area contributed by atoms with Crippen LogP contribution in [0.5, 0.6) is 0 Å². The molecular formula is C15H16FN3O4S. The van der Waals surface area contributed by atoms with Crippen LogP contribution in [0.15, 0.2) is 18.2 Å². The first-order valence-corrected chi connectivity index (χ1v) is 9.27. The number of hydrogen-bond donors (Lipinski definition) is 1. The van der Waals surface area contributed by atoms with Crippen molar-refractivity contribution in [3.8, 4) is 6.07 Å². The minimum absolute atomic E-state index is 0.0425. The third-order valence-electron chi connectivity index (χ3n) is 4.19. The van der Waals surface area contributed by atoms with Crippen molar-refractivity contribution in [2.24, 2.45) is 0 Å². The molecule has 2 fully saturated rings. The second-order valence-electron chi connectivity index (χ2n) is 6.10. The number of halogens is 1. The number of benzene rings is 1. The number of nitriles is 1. The fourth-order valence-electron chi connectivity index (χ4n) is 2.71. The summed E-state index contributed by atoms with van der Waals surface area (Å²) in [6, 6.07) is 6.44. The van der Waals surface area contributed by atoms with Gasteiger partial charge >= 0.3 is 6.09 Å². The Balaban J connectivity index is 1.74. The van der Waals surface area contributed by atoms with Crippen molar-refractivity contribution < 1.29 is 22.3 Å². The zero-order valence-corrected chi connectivity index (χ0v) is 13.8. The molecule has 3 rings (SSSR count). The van der Waals surface area contributed by atoms with Gasteiger partial charge in [0.25, 0.3) is 0 Å². The summed E-state index contributed by atoms with van der Waals surface area (Å²) in [5.41, 5.74) is -0.0794. The van der Waals surface area contributed by atoms with E-state index in [1.165, 1.54) is 17.0 Å². The predicted octanol–water partition coefficient (Wildman–Crippen LogP) is 1.26. The Morgan fingerprint density at radius 1 is 1.50 bits per heavy atom. The van der Waals surface area contributed by atoms with Crippen molar-refractivity contribution in [2.45, 2.75) is 24.4 Å². The van der Waals surface area contributed by atoms with Gasteiger partial charge in [0.05, 0.1) is 30.0 Å². The Morgan fingerprint density at radius 2 is 2.21 bits per heavy atom. The highest BCUT2D eigenvalue weighted by molar-refractivity contribution is 7.88. The van der Waals surface area contributed by atoms with Gasteiger partial charge in [-0.2, -0.15) is 5.26 Å². The van der Waals surface area contributed by atoms with E-state index in [0.29, 0.717) is 24.1 Å². The van der Waals surface area contributed by atoms with Crippen LogP contribution in [0.4, 0.5) is 14.9 Å². The van der Waals surface area contributed by atoms with Crippen LogP contribution in [-0.2, 0) is 20.2 Å². The van der Waals surface area contributed by atoms with E-state index in [0.717, 1.165) is 6.26 Å². The van der Waals surface area contributed by atoms with Gasteiger partial charge in [-0.1, -0.05) is 6.07 Å². The molecule has 0 unspecified atom stereocenters. The van der Waals surface area contributed by atoms with Crippen molar-refractivity contribution in [3.05, 3.63) is 29.6 Å². The molecule has 0 bridgehead atoms. The summed E-state index contributed by atoms with van der Waals surface area (Å²) in [7, 11) is -3.39. The maximum Gasteiger partial charge on any atom is 0.414 e. The number of cyclic esters (lactones) is 1. The molecule has 7 nitrogen and oxygen atoms in total. The summed E-state index contributed by atoms with van der Waals surface area (Å²) >= 11 is 0. The van der Waals surface area contributed by atoms with Crippen LogP contribution in [-0.4, -0.2) is 40.0 Å². The molecular weight excluding hydrogens is 337 g/mol. The lowest BCUT2D eigenvalue weighted by Crippen LogP contribution is -2.34. The zero-order chi connectivity index (χ0) is 17.5. The summed E-state index contributed by atoms with van der Waals surface area (Å²) in [6.07, 6.45) is 0.960. The lowest BCUT2D eigenvalue weighted by Gasteiger charge is -2.15. The predicted molar refractivity (Wildman–Crippen MR) is 83.4 cm³/mol. The summed E-state index contributed by atoms with van der Waals surface area (Å²) < 4.78 is 43.9. The van der Waals surface area contributed by atoms with Crippen molar-refractivity contribution >= 4 is 21.8 Å². The second kappa shape index (κ2) is 5.72. The molecule has 1 atom stereocenters. The summed E-state index contributed by atoms with van der Waals surface area (Å²) in [6.45, 7) is 0.0721. The Labute approximate surface area is 139 Å². The first kappa shape index (κ1) is 16.7. The molecule has 1 saturated carbocycles. The molecule has 0 radical (unpaired) electrons. The lowest BCUT2D eigenvalue weighted by atomic mass is 9.97. The fourth-order valence-corrected chi connectivity index (χ4v) is 3.20. The van der Waals surface area contributed by atoms with E-state index in [2.05, 4.69) is 10.8 Å². The van der Waals surface area contributed by atoms with Gasteiger partial charge in [-0.3, -0.25) is 4.90 Å². The van der Waals surface area contributed by atoms with Crippen molar-refractivity contribution in [3.63, 3.8) is 0 Å². The Kier molecular flexibility index (Phi) is 3.97. The monoisotopic (exact) mass is 353 g/mol. The average Bonchev–Trinajstić information content (AvgIpc) is 3.21. The van der Waals surface area contributed by atoms with E-state index in [9.17, 15) is 17.6 Å². The van der Waals surface area contributed by atoms with Gasteiger partial charge in [0, 0.05) is 12.1 Å². The van der Waals surface area contributed by atoms with Gasteiger partial charge in [-0.15, -0.1) is 0 Å². The third kappa shape index (κ3) is 3.20. The van der Waals surface area contributed by atoms with E-state index in [1.54, 1.807) is 6.07 Å². The topological polar surface area (TPSA) is 99.5 Å². The van der Waals surface area contributed by atoms with Gasteiger partial charge in [0.15, 0.2) is 0 Å². The van der Waals surface area contributed by atoms with Gasteiger partial charge < -0.3 is 4.74 Å². The minimum atomic E-state index is -3.39. The molecule has 1 saturated heterocycles. The van der Waals surface area contributed by atoms with E-state index in [4.69, 9.17) is 10.00 Å². The molecule has 0 spiro atoms. The molecule has 9 heteroatoms. The highest BCUT2D eigenvalue weighted by Crippen LogP contribution is 2.48. The van der Waals surface area contributed by atoms with Gasteiger partial charge in [-0.05, 0) is 25.0 Å². The zero-order valence-electron chi connectivity index (χ0n) is 13.0. The Morgan fingerprint density at radius 3 is 2.75 bits per heavy atom. The highest BCUT2D eigenvalue weighted by Gasteiger charge is 2.47. The highest BCUT2D eigenvalue weighted by atomic mass is 32.2. The number of ether oxygens (including phenoxy) is 1. The Bertz CT molecular complexity index is 830. The molecule has 1 aliphatic carbocycles. The van der Waals surface area contributed by atoms with Gasteiger partial charge in [0.2, 0.25) is 10.0 Å². The van der Waals surface area contributed by atoms with E-state index >= 15 is 0 Å². The molecule has 1 amide bonds.